The van der Waals surface area contributed by atoms with Gasteiger partial charge in [0.05, 0.1) is 18.4 Å². The average Bonchev–Trinajstić information content (AvgIpc) is 3.25. The summed E-state index contributed by atoms with van der Waals surface area (Å²) in [5.41, 5.74) is 1.88. The molecule has 2 aromatic rings. The van der Waals surface area contributed by atoms with E-state index < -0.39 is 10.0 Å². The first-order chi connectivity index (χ1) is 12.4. The van der Waals surface area contributed by atoms with Gasteiger partial charge in [-0.25, -0.2) is 13.1 Å². The van der Waals surface area contributed by atoms with E-state index in [0.29, 0.717) is 13.1 Å². The highest BCUT2D eigenvalue weighted by atomic mass is 32.2. The first kappa shape index (κ1) is 17.4. The van der Waals surface area contributed by atoms with Gasteiger partial charge in [0, 0.05) is 31.9 Å². The Bertz CT molecular complexity index is 979. The predicted molar refractivity (Wildman–Crippen MR) is 95.3 cm³/mol. The lowest BCUT2D eigenvalue weighted by atomic mass is 9.97. The Kier molecular flexibility index (Phi) is 4.44. The van der Waals surface area contributed by atoms with Gasteiger partial charge in [0.25, 0.3) is 5.56 Å². The lowest BCUT2D eigenvalue weighted by Gasteiger charge is -2.24. The van der Waals surface area contributed by atoms with Gasteiger partial charge in [-0.05, 0) is 44.1 Å². The zero-order chi connectivity index (χ0) is 18.3. The van der Waals surface area contributed by atoms with Crippen LogP contribution < -0.4 is 5.56 Å². The number of nitrogens with zero attached hydrogens (tertiary/aromatic N) is 5. The molecule has 2 aromatic heterocycles. The summed E-state index contributed by atoms with van der Waals surface area (Å²) in [6.07, 6.45) is 8.36. The third-order valence-corrected chi connectivity index (χ3v) is 7.17. The van der Waals surface area contributed by atoms with Gasteiger partial charge in [0.2, 0.25) is 10.0 Å². The average molecular weight is 377 g/mol. The van der Waals surface area contributed by atoms with Crippen LogP contribution in [0, 0.1) is 0 Å². The van der Waals surface area contributed by atoms with E-state index in [9.17, 15) is 13.2 Å². The van der Waals surface area contributed by atoms with E-state index in [2.05, 4.69) is 10.2 Å². The topological polar surface area (TPSA) is 90.1 Å². The number of rotatable bonds is 4. The van der Waals surface area contributed by atoms with E-state index in [0.717, 1.165) is 49.8 Å². The van der Waals surface area contributed by atoms with Crippen molar-refractivity contribution in [2.75, 3.05) is 6.54 Å². The van der Waals surface area contributed by atoms with Gasteiger partial charge in [0.1, 0.15) is 4.90 Å². The van der Waals surface area contributed by atoms with Gasteiger partial charge >= 0.3 is 0 Å². The summed E-state index contributed by atoms with van der Waals surface area (Å²) in [7, 11) is -1.92. The summed E-state index contributed by atoms with van der Waals surface area (Å²) < 4.78 is 30.3. The van der Waals surface area contributed by atoms with Crippen LogP contribution in [0.4, 0.5) is 0 Å². The van der Waals surface area contributed by atoms with Crippen molar-refractivity contribution in [3.05, 3.63) is 40.1 Å². The van der Waals surface area contributed by atoms with Crippen LogP contribution in [0.2, 0.25) is 0 Å². The van der Waals surface area contributed by atoms with Crippen molar-refractivity contribution in [3.63, 3.8) is 0 Å². The second kappa shape index (κ2) is 6.62. The van der Waals surface area contributed by atoms with Crippen molar-refractivity contribution in [2.45, 2.75) is 56.0 Å². The molecule has 26 heavy (non-hydrogen) atoms. The number of sulfonamides is 1. The van der Waals surface area contributed by atoms with Crippen LogP contribution in [0.15, 0.2) is 28.2 Å². The Hall–Kier alpha value is -2.00. The summed E-state index contributed by atoms with van der Waals surface area (Å²) >= 11 is 0. The molecule has 1 saturated heterocycles. The Morgan fingerprint density at radius 3 is 2.81 bits per heavy atom. The molecule has 1 fully saturated rings. The molecule has 1 unspecified atom stereocenters. The second-order valence-electron chi connectivity index (χ2n) is 7.11. The van der Waals surface area contributed by atoms with E-state index in [1.165, 1.54) is 26.1 Å². The van der Waals surface area contributed by atoms with Crippen LogP contribution in [0.1, 0.15) is 36.9 Å². The van der Waals surface area contributed by atoms with Crippen LogP contribution in [0.5, 0.6) is 0 Å². The third kappa shape index (κ3) is 3.09. The van der Waals surface area contributed by atoms with E-state index in [4.69, 9.17) is 0 Å². The maximum Gasteiger partial charge on any atom is 0.267 e. The largest absolute Gasteiger partial charge is 0.274 e. The van der Waals surface area contributed by atoms with Crippen molar-refractivity contribution in [1.82, 2.24) is 23.9 Å². The standard InChI is InChI=1S/C17H23N5O3S/c1-20-12-15(10-18-20)26(24,25)22-8-4-6-14(22)11-21-17(23)9-13-5-2-3-7-16(13)19-21/h9-10,12,14H,2-8,11H2,1H3. The molecule has 8 nitrogen and oxygen atoms in total. The van der Waals surface area contributed by atoms with Gasteiger partial charge < -0.3 is 0 Å². The minimum atomic E-state index is -3.61. The molecule has 0 spiro atoms. The fraction of sp³-hybridized carbons (Fsp3) is 0.588. The van der Waals surface area contributed by atoms with E-state index >= 15 is 0 Å². The molecule has 1 aliphatic heterocycles. The Labute approximate surface area is 152 Å². The lowest BCUT2D eigenvalue weighted by Crippen LogP contribution is -2.40. The Balaban J connectivity index is 1.61. The third-order valence-electron chi connectivity index (χ3n) is 5.27. The number of hydrogen-bond donors (Lipinski definition) is 0. The predicted octanol–water partition coefficient (Wildman–Crippen LogP) is 0.709. The quantitative estimate of drug-likeness (QED) is 0.783. The zero-order valence-corrected chi connectivity index (χ0v) is 15.7. The summed E-state index contributed by atoms with van der Waals surface area (Å²) in [5.74, 6) is 0. The summed E-state index contributed by atoms with van der Waals surface area (Å²) in [6.45, 7) is 0.757. The second-order valence-corrected chi connectivity index (χ2v) is 9.00. The normalized spacial score (nSPS) is 21.0. The highest BCUT2D eigenvalue weighted by molar-refractivity contribution is 7.89. The number of fused-ring (bicyclic) bond motifs is 1. The smallest absolute Gasteiger partial charge is 0.267 e. The van der Waals surface area contributed by atoms with E-state index in [1.807, 2.05) is 0 Å². The molecule has 0 bridgehead atoms. The van der Waals surface area contributed by atoms with Crippen LogP contribution in [-0.4, -0.2) is 44.9 Å². The van der Waals surface area contributed by atoms with Crippen molar-refractivity contribution in [3.8, 4) is 0 Å². The number of hydrogen-bond acceptors (Lipinski definition) is 5. The fourth-order valence-electron chi connectivity index (χ4n) is 3.91. The number of aromatic nitrogens is 4. The Morgan fingerprint density at radius 2 is 2.04 bits per heavy atom. The Morgan fingerprint density at radius 1 is 1.23 bits per heavy atom. The minimum absolute atomic E-state index is 0.142. The van der Waals surface area contributed by atoms with Crippen LogP contribution in [0.3, 0.4) is 0 Å². The molecule has 140 valence electrons. The fourth-order valence-corrected chi connectivity index (χ4v) is 5.58. The molecule has 0 radical (unpaired) electrons. The molecule has 1 aliphatic carbocycles. The monoisotopic (exact) mass is 377 g/mol. The van der Waals surface area contributed by atoms with Gasteiger partial charge in [-0.2, -0.15) is 14.5 Å². The molecule has 0 amide bonds. The summed E-state index contributed by atoms with van der Waals surface area (Å²) in [4.78, 5) is 12.6. The molecule has 3 heterocycles. The molecular weight excluding hydrogens is 354 g/mol. The molecule has 9 heteroatoms. The van der Waals surface area contributed by atoms with Gasteiger partial charge in [0.15, 0.2) is 0 Å². The van der Waals surface area contributed by atoms with Crippen molar-refractivity contribution in [2.24, 2.45) is 7.05 Å². The molecule has 2 aliphatic rings. The zero-order valence-electron chi connectivity index (χ0n) is 14.8. The van der Waals surface area contributed by atoms with Gasteiger partial charge in [-0.15, -0.1) is 0 Å². The van der Waals surface area contributed by atoms with Crippen molar-refractivity contribution in [1.29, 1.82) is 0 Å². The molecule has 1 atom stereocenters. The maximum atomic E-state index is 12.9. The lowest BCUT2D eigenvalue weighted by molar-refractivity contribution is 0.333. The summed E-state index contributed by atoms with van der Waals surface area (Å²) in [5, 5.41) is 8.50. The van der Waals surface area contributed by atoms with E-state index in [1.54, 1.807) is 13.1 Å². The summed E-state index contributed by atoms with van der Waals surface area (Å²) in [6, 6.07) is 1.42. The molecule has 0 N–H and O–H groups in total. The first-order valence-corrected chi connectivity index (χ1v) is 10.5. The van der Waals surface area contributed by atoms with Crippen LogP contribution in [-0.2, 0) is 36.5 Å². The first-order valence-electron chi connectivity index (χ1n) is 9.05. The number of aryl methyl sites for hydroxylation is 3. The highest BCUT2D eigenvalue weighted by Crippen LogP contribution is 2.26. The molecule has 0 saturated carbocycles. The van der Waals surface area contributed by atoms with Crippen molar-refractivity contribution < 1.29 is 8.42 Å². The highest BCUT2D eigenvalue weighted by Gasteiger charge is 2.36. The van der Waals surface area contributed by atoms with E-state index in [-0.39, 0.29) is 16.5 Å². The van der Waals surface area contributed by atoms with Crippen LogP contribution >= 0.6 is 0 Å². The van der Waals surface area contributed by atoms with Crippen molar-refractivity contribution >= 4 is 10.0 Å². The van der Waals surface area contributed by atoms with Gasteiger partial charge in [-0.3, -0.25) is 9.48 Å². The maximum absolute atomic E-state index is 12.9. The molecule has 4 rings (SSSR count). The van der Waals surface area contributed by atoms with Gasteiger partial charge in [-0.1, -0.05) is 0 Å². The SMILES string of the molecule is Cn1cc(S(=O)(=O)N2CCCC2Cn2nc3c(cc2=O)CCCC3)cn1. The molecular formula is C17H23N5O3S. The van der Waals surface area contributed by atoms with Crippen LogP contribution in [0.25, 0.3) is 0 Å². The minimum Gasteiger partial charge on any atom is -0.274 e. The molecule has 0 aromatic carbocycles.